The Morgan fingerprint density at radius 2 is 1.75 bits per heavy atom. The predicted octanol–water partition coefficient (Wildman–Crippen LogP) is 4.41. The molecule has 0 saturated carbocycles. The third-order valence-electron chi connectivity index (χ3n) is 4.95. The minimum atomic E-state index is -0.165. The molecule has 0 bridgehead atoms. The van der Waals surface area contributed by atoms with Crippen molar-refractivity contribution in [3.8, 4) is 0 Å². The van der Waals surface area contributed by atoms with Crippen LogP contribution in [-0.4, -0.2) is 41.3 Å². The average Bonchev–Trinajstić information content (AvgIpc) is 3.18. The van der Waals surface area contributed by atoms with Crippen LogP contribution >= 0.6 is 11.3 Å². The topological polar surface area (TPSA) is 53.5 Å². The second kappa shape index (κ2) is 8.43. The first-order valence-electron chi connectivity index (χ1n) is 9.88. The van der Waals surface area contributed by atoms with Gasteiger partial charge in [-0.1, -0.05) is 38.5 Å². The van der Waals surface area contributed by atoms with E-state index in [0.717, 1.165) is 42.2 Å². The fraction of sp³-hybridized carbons (Fsp3) is 0.500. The first kappa shape index (κ1) is 20.5. The Hall–Kier alpha value is -2.21. The summed E-state index contributed by atoms with van der Waals surface area (Å²) in [5.74, 6) is -0.156. The van der Waals surface area contributed by atoms with Gasteiger partial charge in [0.05, 0.1) is 11.2 Å². The maximum atomic E-state index is 13.3. The molecule has 28 heavy (non-hydrogen) atoms. The summed E-state index contributed by atoms with van der Waals surface area (Å²) >= 11 is 1.41. The van der Waals surface area contributed by atoms with Gasteiger partial charge in [0.25, 0.3) is 5.91 Å². The zero-order chi connectivity index (χ0) is 20.3. The average molecular weight is 400 g/mol. The summed E-state index contributed by atoms with van der Waals surface area (Å²) in [4.78, 5) is 34.7. The summed E-state index contributed by atoms with van der Waals surface area (Å²) in [6.07, 6.45) is 4.88. The van der Waals surface area contributed by atoms with Crippen LogP contribution in [0, 0.1) is 6.92 Å². The maximum Gasteiger partial charge on any atom is 0.270 e. The maximum absolute atomic E-state index is 13.3. The molecule has 2 aromatic rings. The normalized spacial score (nSPS) is 14.8. The number of carbonyl (C=O) groups is 2. The number of piperidine rings is 1. The molecule has 6 heteroatoms. The minimum absolute atomic E-state index is 0.00850. The van der Waals surface area contributed by atoms with Crippen LogP contribution in [0.2, 0.25) is 0 Å². The minimum Gasteiger partial charge on any atom is -0.341 e. The highest BCUT2D eigenvalue weighted by molar-refractivity contribution is 7.13. The van der Waals surface area contributed by atoms with Crippen LogP contribution in [0.15, 0.2) is 30.5 Å². The molecule has 0 aliphatic carbocycles. The molecule has 150 valence electrons. The highest BCUT2D eigenvalue weighted by Gasteiger charge is 2.27. The van der Waals surface area contributed by atoms with Crippen molar-refractivity contribution in [1.82, 2.24) is 9.88 Å². The van der Waals surface area contributed by atoms with E-state index < -0.39 is 0 Å². The lowest BCUT2D eigenvalue weighted by molar-refractivity contribution is -0.130. The number of carbonyl (C=O) groups excluding carboxylic acids is 2. The van der Waals surface area contributed by atoms with Crippen molar-refractivity contribution >= 4 is 28.8 Å². The first-order valence-corrected chi connectivity index (χ1v) is 10.7. The SMILES string of the molecule is Cc1ccc(N(CC(=O)N2CCCCC2)C(=O)c2cnc(C(C)(C)C)s2)cc1. The number of anilines is 1. The molecule has 5 nitrogen and oxygen atoms in total. The number of rotatable bonds is 4. The molecule has 1 fully saturated rings. The van der Waals surface area contributed by atoms with Gasteiger partial charge in [-0.3, -0.25) is 14.5 Å². The van der Waals surface area contributed by atoms with Gasteiger partial charge >= 0.3 is 0 Å². The molecule has 2 amide bonds. The zero-order valence-corrected chi connectivity index (χ0v) is 18.0. The Labute approximate surface area is 171 Å². The molecule has 2 heterocycles. The fourth-order valence-corrected chi connectivity index (χ4v) is 4.16. The molecule has 1 aliphatic heterocycles. The van der Waals surface area contributed by atoms with Gasteiger partial charge in [0.2, 0.25) is 5.91 Å². The highest BCUT2D eigenvalue weighted by atomic mass is 32.1. The highest BCUT2D eigenvalue weighted by Crippen LogP contribution is 2.28. The number of benzene rings is 1. The molecule has 0 atom stereocenters. The van der Waals surface area contributed by atoms with Crippen LogP contribution in [-0.2, 0) is 10.2 Å². The number of hydrogen-bond acceptors (Lipinski definition) is 4. The molecule has 1 saturated heterocycles. The lowest BCUT2D eigenvalue weighted by Gasteiger charge is -2.30. The lowest BCUT2D eigenvalue weighted by atomic mass is 9.98. The van der Waals surface area contributed by atoms with E-state index in [2.05, 4.69) is 25.8 Å². The van der Waals surface area contributed by atoms with Gasteiger partial charge < -0.3 is 4.90 Å². The zero-order valence-electron chi connectivity index (χ0n) is 17.2. The molecule has 0 spiro atoms. The molecule has 3 rings (SSSR count). The monoisotopic (exact) mass is 399 g/mol. The van der Waals surface area contributed by atoms with Crippen molar-refractivity contribution in [3.05, 3.63) is 45.9 Å². The molecule has 1 aliphatic rings. The Balaban J connectivity index is 1.87. The fourth-order valence-electron chi connectivity index (χ4n) is 3.24. The molecule has 0 N–H and O–H groups in total. The quantitative estimate of drug-likeness (QED) is 0.765. The third kappa shape index (κ3) is 4.79. The van der Waals surface area contributed by atoms with Gasteiger partial charge in [-0.25, -0.2) is 4.98 Å². The molecule has 0 radical (unpaired) electrons. The smallest absolute Gasteiger partial charge is 0.270 e. The van der Waals surface area contributed by atoms with Crippen LogP contribution in [0.5, 0.6) is 0 Å². The Morgan fingerprint density at radius 1 is 1.11 bits per heavy atom. The van der Waals surface area contributed by atoms with Crippen molar-refractivity contribution in [3.63, 3.8) is 0 Å². The summed E-state index contributed by atoms with van der Waals surface area (Å²) in [6.45, 7) is 9.87. The number of aromatic nitrogens is 1. The van der Waals surface area contributed by atoms with E-state index in [-0.39, 0.29) is 23.8 Å². The molecule has 1 aromatic heterocycles. The lowest BCUT2D eigenvalue weighted by Crippen LogP contribution is -2.44. The van der Waals surface area contributed by atoms with Gasteiger partial charge in [-0.05, 0) is 38.3 Å². The number of nitrogens with zero attached hydrogens (tertiary/aromatic N) is 3. The summed E-state index contributed by atoms with van der Waals surface area (Å²) in [6, 6.07) is 7.74. The second-order valence-electron chi connectivity index (χ2n) is 8.45. The summed E-state index contributed by atoms with van der Waals surface area (Å²) in [5.41, 5.74) is 1.75. The number of thiazole rings is 1. The van der Waals surface area contributed by atoms with Crippen molar-refractivity contribution in [1.29, 1.82) is 0 Å². The van der Waals surface area contributed by atoms with E-state index >= 15 is 0 Å². The van der Waals surface area contributed by atoms with E-state index in [1.807, 2.05) is 36.1 Å². The van der Waals surface area contributed by atoms with Crippen LogP contribution < -0.4 is 4.90 Å². The van der Waals surface area contributed by atoms with E-state index in [9.17, 15) is 9.59 Å². The van der Waals surface area contributed by atoms with Gasteiger partial charge in [0, 0.05) is 24.2 Å². The van der Waals surface area contributed by atoms with E-state index in [1.54, 1.807) is 11.1 Å². The molecule has 1 aromatic carbocycles. The van der Waals surface area contributed by atoms with Crippen LogP contribution in [0.3, 0.4) is 0 Å². The largest absolute Gasteiger partial charge is 0.341 e. The van der Waals surface area contributed by atoms with Crippen molar-refractivity contribution < 1.29 is 9.59 Å². The Bertz CT molecular complexity index is 830. The first-order chi connectivity index (χ1) is 13.3. The van der Waals surface area contributed by atoms with Crippen LogP contribution in [0.4, 0.5) is 5.69 Å². The molecule has 0 unspecified atom stereocenters. The van der Waals surface area contributed by atoms with Crippen LogP contribution in [0.25, 0.3) is 0 Å². The van der Waals surface area contributed by atoms with Gasteiger partial charge in [0.1, 0.15) is 11.4 Å². The van der Waals surface area contributed by atoms with Gasteiger partial charge in [0.15, 0.2) is 0 Å². The number of likely N-dealkylation sites (tertiary alicyclic amines) is 1. The van der Waals surface area contributed by atoms with Crippen molar-refractivity contribution in [2.45, 2.75) is 52.4 Å². The second-order valence-corrected chi connectivity index (χ2v) is 9.48. The molecular formula is C22H29N3O2S. The van der Waals surface area contributed by atoms with Crippen molar-refractivity contribution in [2.24, 2.45) is 0 Å². The third-order valence-corrected chi connectivity index (χ3v) is 6.36. The number of amides is 2. The summed E-state index contributed by atoms with van der Waals surface area (Å²) in [7, 11) is 0. The Kier molecular flexibility index (Phi) is 6.18. The standard InChI is InChI=1S/C22H29N3O2S/c1-16-8-10-17(11-9-16)25(15-19(26)24-12-6-5-7-13-24)20(27)18-14-23-21(28-18)22(2,3)4/h8-11,14H,5-7,12-13,15H2,1-4H3. The number of aryl methyl sites for hydroxylation is 1. The van der Waals surface area contributed by atoms with E-state index in [4.69, 9.17) is 0 Å². The predicted molar refractivity (Wildman–Crippen MR) is 114 cm³/mol. The molecular weight excluding hydrogens is 370 g/mol. The van der Waals surface area contributed by atoms with Crippen molar-refractivity contribution in [2.75, 3.05) is 24.5 Å². The van der Waals surface area contributed by atoms with E-state index in [0.29, 0.717) is 4.88 Å². The van der Waals surface area contributed by atoms with E-state index in [1.165, 1.54) is 17.8 Å². The van der Waals surface area contributed by atoms with Gasteiger partial charge in [-0.2, -0.15) is 0 Å². The van der Waals surface area contributed by atoms with Gasteiger partial charge in [-0.15, -0.1) is 11.3 Å². The summed E-state index contributed by atoms with van der Waals surface area (Å²) < 4.78 is 0. The summed E-state index contributed by atoms with van der Waals surface area (Å²) in [5, 5.41) is 0.919. The van der Waals surface area contributed by atoms with Crippen LogP contribution in [0.1, 0.15) is 60.3 Å². The number of hydrogen-bond donors (Lipinski definition) is 0. The Morgan fingerprint density at radius 3 is 2.32 bits per heavy atom.